The van der Waals surface area contributed by atoms with E-state index >= 15 is 0 Å². The minimum Gasteiger partial charge on any atom is -0.493 e. The number of nitrogens with one attached hydrogen (secondary N) is 2. The molecule has 2 aromatic rings. The van der Waals surface area contributed by atoms with Gasteiger partial charge in [0.05, 0.1) is 40.7 Å². The number of aliphatic imine (C=N–C) groups is 1. The van der Waals surface area contributed by atoms with Gasteiger partial charge in [0.2, 0.25) is 5.75 Å². The second-order valence-electron chi connectivity index (χ2n) is 5.52. The smallest absolute Gasteiger partial charge is 0.203 e. The van der Waals surface area contributed by atoms with Gasteiger partial charge >= 0.3 is 0 Å². The summed E-state index contributed by atoms with van der Waals surface area (Å²) in [6.45, 7) is 1.72. The highest BCUT2D eigenvalue weighted by molar-refractivity contribution is 5.94. The van der Waals surface area contributed by atoms with Crippen LogP contribution in [0.25, 0.3) is 0 Å². The predicted molar refractivity (Wildman–Crippen MR) is 104 cm³/mol. The van der Waals surface area contributed by atoms with Crippen molar-refractivity contribution in [2.75, 3.05) is 53.5 Å². The molecule has 8 heteroatoms. The molecule has 0 bridgehead atoms. The first-order chi connectivity index (χ1) is 13.2. The molecule has 0 saturated carbocycles. The quantitative estimate of drug-likeness (QED) is 0.374. The molecule has 0 saturated heterocycles. The summed E-state index contributed by atoms with van der Waals surface area (Å²) in [5.41, 5.74) is 0.756. The Balaban J connectivity index is 2.11. The molecule has 0 spiro atoms. The first-order valence-corrected chi connectivity index (χ1v) is 8.58. The number of rotatable bonds is 10. The van der Waals surface area contributed by atoms with Gasteiger partial charge < -0.3 is 34.0 Å². The summed E-state index contributed by atoms with van der Waals surface area (Å²) in [5.74, 6) is 3.19. The van der Waals surface area contributed by atoms with Crippen molar-refractivity contribution >= 4 is 11.6 Å². The van der Waals surface area contributed by atoms with Crippen molar-refractivity contribution in [3.8, 4) is 17.2 Å². The van der Waals surface area contributed by atoms with Gasteiger partial charge in [-0.3, -0.25) is 4.99 Å². The van der Waals surface area contributed by atoms with Crippen LogP contribution < -0.4 is 24.8 Å². The molecule has 1 heterocycles. The van der Waals surface area contributed by atoms with Crippen molar-refractivity contribution in [3.63, 3.8) is 0 Å². The lowest BCUT2D eigenvalue weighted by Gasteiger charge is -2.16. The summed E-state index contributed by atoms with van der Waals surface area (Å²) in [5, 5.41) is 6.54. The maximum Gasteiger partial charge on any atom is 0.203 e. The van der Waals surface area contributed by atoms with Gasteiger partial charge in [-0.05, 0) is 12.1 Å². The van der Waals surface area contributed by atoms with Crippen LogP contribution in [0.2, 0.25) is 0 Å². The topological polar surface area (TPSA) is 86.5 Å². The lowest BCUT2D eigenvalue weighted by molar-refractivity contribution is 0.208. The zero-order valence-corrected chi connectivity index (χ0v) is 16.2. The van der Waals surface area contributed by atoms with Gasteiger partial charge in [0.25, 0.3) is 0 Å². The van der Waals surface area contributed by atoms with E-state index in [1.54, 1.807) is 34.7 Å². The number of guanidine groups is 1. The number of furan rings is 1. The highest BCUT2D eigenvalue weighted by atomic mass is 16.5. The van der Waals surface area contributed by atoms with Crippen molar-refractivity contribution in [2.45, 2.75) is 6.42 Å². The first kappa shape index (κ1) is 20.4. The number of hydrogen-bond acceptors (Lipinski definition) is 6. The molecule has 0 fully saturated rings. The number of methoxy groups -OCH3 is 4. The van der Waals surface area contributed by atoms with Crippen LogP contribution in [0.1, 0.15) is 5.76 Å². The van der Waals surface area contributed by atoms with Gasteiger partial charge in [0.1, 0.15) is 5.76 Å². The fourth-order valence-corrected chi connectivity index (χ4v) is 2.44. The molecule has 0 aliphatic rings. The maximum atomic E-state index is 5.39. The summed E-state index contributed by atoms with van der Waals surface area (Å²) < 4.78 is 26.6. The van der Waals surface area contributed by atoms with E-state index in [2.05, 4.69) is 15.6 Å². The van der Waals surface area contributed by atoms with Gasteiger partial charge in [-0.1, -0.05) is 0 Å². The van der Waals surface area contributed by atoms with Gasteiger partial charge in [-0.2, -0.15) is 0 Å². The molecule has 2 rings (SSSR count). The van der Waals surface area contributed by atoms with Crippen LogP contribution in [-0.2, 0) is 11.2 Å². The Hall–Kier alpha value is -2.87. The summed E-state index contributed by atoms with van der Waals surface area (Å²) >= 11 is 0. The number of nitrogens with zero attached hydrogens (tertiary/aromatic N) is 1. The fourth-order valence-electron chi connectivity index (χ4n) is 2.44. The standard InChI is InChI=1S/C19H27N3O5/c1-23-11-9-21-19(20-8-7-15-6-5-10-27-15)22-14-12-16(24-2)18(26-4)17(13-14)25-3/h5-6,10,12-13H,7-9,11H2,1-4H3,(H2,20,21,22). The summed E-state index contributed by atoms with van der Waals surface area (Å²) in [7, 11) is 6.38. The van der Waals surface area contributed by atoms with Crippen LogP contribution >= 0.6 is 0 Å². The van der Waals surface area contributed by atoms with Gasteiger partial charge in [0.15, 0.2) is 17.5 Å². The monoisotopic (exact) mass is 377 g/mol. The Morgan fingerprint density at radius 2 is 1.81 bits per heavy atom. The molecule has 0 aliphatic heterocycles. The number of hydrogen-bond donors (Lipinski definition) is 2. The van der Waals surface area contributed by atoms with E-state index in [1.807, 2.05) is 24.3 Å². The first-order valence-electron chi connectivity index (χ1n) is 8.58. The van der Waals surface area contributed by atoms with Crippen LogP contribution in [0.5, 0.6) is 17.2 Å². The average molecular weight is 377 g/mol. The molecule has 1 aromatic heterocycles. The van der Waals surface area contributed by atoms with E-state index in [0.29, 0.717) is 42.9 Å². The Morgan fingerprint density at radius 3 is 2.37 bits per heavy atom. The van der Waals surface area contributed by atoms with Crippen LogP contribution in [-0.4, -0.2) is 54.1 Å². The molecule has 0 radical (unpaired) electrons. The molecule has 0 aliphatic carbocycles. The second-order valence-corrected chi connectivity index (χ2v) is 5.52. The third kappa shape index (κ3) is 6.10. The SMILES string of the molecule is COCCN=C(NCCc1ccco1)Nc1cc(OC)c(OC)c(OC)c1. The molecule has 2 N–H and O–H groups in total. The van der Waals surface area contributed by atoms with Crippen molar-refractivity contribution in [3.05, 3.63) is 36.3 Å². The second kappa shape index (κ2) is 11.0. The van der Waals surface area contributed by atoms with Gasteiger partial charge in [-0.15, -0.1) is 0 Å². The van der Waals surface area contributed by atoms with E-state index in [1.165, 1.54) is 0 Å². The zero-order valence-electron chi connectivity index (χ0n) is 16.2. The highest BCUT2D eigenvalue weighted by Gasteiger charge is 2.14. The molecule has 148 valence electrons. The lowest BCUT2D eigenvalue weighted by atomic mass is 10.2. The molecular formula is C19H27N3O5. The summed E-state index contributed by atoms with van der Waals surface area (Å²) in [6, 6.07) is 7.45. The molecule has 0 atom stereocenters. The highest BCUT2D eigenvalue weighted by Crippen LogP contribution is 2.39. The number of ether oxygens (including phenoxy) is 4. The maximum absolute atomic E-state index is 5.39. The molecule has 0 unspecified atom stereocenters. The van der Waals surface area contributed by atoms with Crippen LogP contribution in [0.3, 0.4) is 0 Å². The van der Waals surface area contributed by atoms with E-state index in [9.17, 15) is 0 Å². The van der Waals surface area contributed by atoms with Gasteiger partial charge in [-0.25, -0.2) is 0 Å². The molecule has 0 amide bonds. The fraction of sp³-hybridized carbons (Fsp3) is 0.421. The minimum absolute atomic E-state index is 0.525. The van der Waals surface area contributed by atoms with Gasteiger partial charge in [0, 0.05) is 37.9 Å². The largest absolute Gasteiger partial charge is 0.493 e. The Labute approximate surface area is 159 Å². The third-order valence-electron chi connectivity index (χ3n) is 3.74. The average Bonchev–Trinajstić information content (AvgIpc) is 3.20. The third-order valence-corrected chi connectivity index (χ3v) is 3.74. The van der Waals surface area contributed by atoms with E-state index < -0.39 is 0 Å². The normalized spacial score (nSPS) is 11.2. The van der Waals surface area contributed by atoms with Crippen molar-refractivity contribution in [1.82, 2.24) is 5.32 Å². The molecular weight excluding hydrogens is 350 g/mol. The predicted octanol–water partition coefficient (Wildman–Crippen LogP) is 2.55. The number of benzene rings is 1. The Kier molecular flexibility index (Phi) is 8.31. The minimum atomic E-state index is 0.525. The number of anilines is 1. The van der Waals surface area contributed by atoms with Crippen LogP contribution in [0.4, 0.5) is 5.69 Å². The molecule has 8 nitrogen and oxygen atoms in total. The summed E-state index contributed by atoms with van der Waals surface area (Å²) in [6.07, 6.45) is 2.41. The van der Waals surface area contributed by atoms with Crippen LogP contribution in [0.15, 0.2) is 39.9 Å². The van der Waals surface area contributed by atoms with E-state index in [4.69, 9.17) is 23.4 Å². The molecule has 1 aromatic carbocycles. The Bertz CT molecular complexity index is 691. The van der Waals surface area contributed by atoms with E-state index in [-0.39, 0.29) is 0 Å². The zero-order chi connectivity index (χ0) is 19.5. The lowest BCUT2D eigenvalue weighted by Crippen LogP contribution is -2.33. The van der Waals surface area contributed by atoms with Crippen LogP contribution in [0, 0.1) is 0 Å². The van der Waals surface area contributed by atoms with Crippen molar-refractivity contribution in [1.29, 1.82) is 0 Å². The Morgan fingerprint density at radius 1 is 1.07 bits per heavy atom. The van der Waals surface area contributed by atoms with E-state index in [0.717, 1.165) is 17.9 Å². The van der Waals surface area contributed by atoms with Crippen molar-refractivity contribution < 1.29 is 23.4 Å². The summed E-state index contributed by atoms with van der Waals surface area (Å²) in [4.78, 5) is 4.51. The van der Waals surface area contributed by atoms with Crippen molar-refractivity contribution in [2.24, 2.45) is 4.99 Å². The molecule has 27 heavy (non-hydrogen) atoms.